The van der Waals surface area contributed by atoms with Gasteiger partial charge in [0.15, 0.2) is 0 Å². The molecule has 2 aliphatic carbocycles. The summed E-state index contributed by atoms with van der Waals surface area (Å²) in [7, 11) is 0. The molecule has 2 fully saturated rings. The monoisotopic (exact) mass is 264 g/mol. The van der Waals surface area contributed by atoms with Crippen molar-refractivity contribution in [3.05, 3.63) is 12.2 Å². The van der Waals surface area contributed by atoms with Crippen LogP contribution < -0.4 is 5.32 Å². The van der Waals surface area contributed by atoms with Gasteiger partial charge in [-0.2, -0.15) is 0 Å². The Hall–Kier alpha value is -1.03. The van der Waals surface area contributed by atoms with E-state index < -0.39 is 0 Å². The molecule has 1 heterocycles. The highest BCUT2D eigenvalue weighted by atomic mass is 16.3. The van der Waals surface area contributed by atoms with Crippen molar-refractivity contribution < 1.29 is 9.90 Å². The maximum Gasteiger partial charge on any atom is 0.317 e. The largest absolute Gasteiger partial charge is 0.396 e. The summed E-state index contributed by atoms with van der Waals surface area (Å²) >= 11 is 0. The normalized spacial score (nSPS) is 36.8. The fourth-order valence-corrected chi connectivity index (χ4v) is 3.86. The second kappa shape index (κ2) is 5.53. The van der Waals surface area contributed by atoms with Gasteiger partial charge in [-0.1, -0.05) is 12.2 Å². The Balaban J connectivity index is 1.45. The van der Waals surface area contributed by atoms with Gasteiger partial charge in [-0.3, -0.25) is 0 Å². The van der Waals surface area contributed by atoms with E-state index in [0.717, 1.165) is 31.8 Å². The van der Waals surface area contributed by atoms with E-state index in [4.69, 9.17) is 0 Å². The number of hydrogen-bond donors (Lipinski definition) is 2. The van der Waals surface area contributed by atoms with Crippen molar-refractivity contribution in [1.82, 2.24) is 10.2 Å². The summed E-state index contributed by atoms with van der Waals surface area (Å²) < 4.78 is 0. The number of urea groups is 1. The van der Waals surface area contributed by atoms with Crippen LogP contribution >= 0.6 is 0 Å². The molecule has 4 heteroatoms. The van der Waals surface area contributed by atoms with E-state index in [1.54, 1.807) is 0 Å². The first-order chi connectivity index (χ1) is 9.26. The number of piperidine rings is 1. The minimum atomic E-state index is 0.0601. The number of carbonyl (C=O) groups is 1. The summed E-state index contributed by atoms with van der Waals surface area (Å²) in [5, 5.41) is 12.3. The van der Waals surface area contributed by atoms with Gasteiger partial charge >= 0.3 is 6.03 Å². The van der Waals surface area contributed by atoms with Crippen molar-refractivity contribution in [2.45, 2.75) is 25.7 Å². The summed E-state index contributed by atoms with van der Waals surface area (Å²) in [4.78, 5) is 14.0. The van der Waals surface area contributed by atoms with Gasteiger partial charge in [0.25, 0.3) is 0 Å². The van der Waals surface area contributed by atoms with E-state index in [2.05, 4.69) is 17.5 Å². The van der Waals surface area contributed by atoms with Crippen LogP contribution in [0.1, 0.15) is 25.7 Å². The number of fused-ring (bicyclic) bond motifs is 2. The minimum Gasteiger partial charge on any atom is -0.396 e. The SMILES string of the molecule is O=C(NCC1CC2C=CC1C2)N1CCCC(CO)C1. The zero-order chi connectivity index (χ0) is 13.2. The topological polar surface area (TPSA) is 52.6 Å². The van der Waals surface area contributed by atoms with Crippen LogP contribution in [0.3, 0.4) is 0 Å². The molecule has 0 aromatic rings. The second-order valence-corrected chi connectivity index (χ2v) is 6.36. The number of hydrogen-bond acceptors (Lipinski definition) is 2. The van der Waals surface area contributed by atoms with E-state index >= 15 is 0 Å². The molecule has 0 spiro atoms. The van der Waals surface area contributed by atoms with E-state index in [1.807, 2.05) is 4.90 Å². The lowest BCUT2D eigenvalue weighted by Crippen LogP contribution is -2.47. The lowest BCUT2D eigenvalue weighted by Gasteiger charge is -2.32. The average molecular weight is 264 g/mol. The second-order valence-electron chi connectivity index (χ2n) is 6.36. The standard InChI is InChI=1S/C15H24N2O2/c18-10-12-2-1-5-17(9-12)15(19)16-8-14-7-11-3-4-13(14)6-11/h3-4,11-14,18H,1-2,5-10H2,(H,16,19). The van der Waals surface area contributed by atoms with Crippen molar-refractivity contribution in [3.8, 4) is 0 Å². The number of aliphatic hydroxyl groups is 1. The number of aliphatic hydroxyl groups excluding tert-OH is 1. The summed E-state index contributed by atoms with van der Waals surface area (Å²) in [5.41, 5.74) is 0. The summed E-state index contributed by atoms with van der Waals surface area (Å²) in [6.45, 7) is 2.55. The van der Waals surface area contributed by atoms with Gasteiger partial charge < -0.3 is 15.3 Å². The fraction of sp³-hybridized carbons (Fsp3) is 0.800. The maximum absolute atomic E-state index is 12.1. The van der Waals surface area contributed by atoms with Gasteiger partial charge in [0.05, 0.1) is 0 Å². The Morgan fingerprint density at radius 2 is 2.26 bits per heavy atom. The number of allylic oxidation sites excluding steroid dienone is 2. The number of carbonyl (C=O) groups excluding carboxylic acids is 1. The summed E-state index contributed by atoms with van der Waals surface area (Å²) in [5.74, 6) is 2.36. The van der Waals surface area contributed by atoms with Gasteiger partial charge in [0, 0.05) is 26.2 Å². The highest BCUT2D eigenvalue weighted by Gasteiger charge is 2.35. The predicted octanol–water partition coefficient (Wildman–Crippen LogP) is 1.61. The molecule has 0 aromatic carbocycles. The van der Waals surface area contributed by atoms with Crippen LogP contribution in [0.4, 0.5) is 4.79 Å². The van der Waals surface area contributed by atoms with Crippen LogP contribution in [0, 0.1) is 23.7 Å². The summed E-state index contributed by atoms with van der Waals surface area (Å²) in [6.07, 6.45) is 9.23. The van der Waals surface area contributed by atoms with Crippen molar-refractivity contribution in [1.29, 1.82) is 0 Å². The number of amides is 2. The predicted molar refractivity (Wildman–Crippen MR) is 73.6 cm³/mol. The molecule has 0 aromatic heterocycles. The van der Waals surface area contributed by atoms with Crippen LogP contribution in [0.5, 0.6) is 0 Å². The van der Waals surface area contributed by atoms with E-state index in [9.17, 15) is 9.90 Å². The zero-order valence-electron chi connectivity index (χ0n) is 11.4. The molecule has 106 valence electrons. The molecule has 1 saturated carbocycles. The van der Waals surface area contributed by atoms with Crippen molar-refractivity contribution in [3.63, 3.8) is 0 Å². The van der Waals surface area contributed by atoms with Gasteiger partial charge in [-0.25, -0.2) is 4.79 Å². The highest BCUT2D eigenvalue weighted by molar-refractivity contribution is 5.74. The molecule has 4 nitrogen and oxygen atoms in total. The molecule has 3 rings (SSSR count). The van der Waals surface area contributed by atoms with Crippen molar-refractivity contribution in [2.75, 3.05) is 26.2 Å². The smallest absolute Gasteiger partial charge is 0.317 e. The Kier molecular flexibility index (Phi) is 3.78. The van der Waals surface area contributed by atoms with Gasteiger partial charge in [0.1, 0.15) is 0 Å². The van der Waals surface area contributed by atoms with Crippen LogP contribution in [-0.4, -0.2) is 42.3 Å². The third-order valence-electron chi connectivity index (χ3n) is 5.00. The molecule has 2 bridgehead atoms. The van der Waals surface area contributed by atoms with E-state index in [1.165, 1.54) is 12.8 Å². The van der Waals surface area contributed by atoms with Gasteiger partial charge in [0.2, 0.25) is 0 Å². The van der Waals surface area contributed by atoms with Crippen molar-refractivity contribution >= 4 is 6.03 Å². The zero-order valence-corrected chi connectivity index (χ0v) is 11.4. The molecule has 2 amide bonds. The first kappa shape index (κ1) is 13.0. The fourth-order valence-electron chi connectivity index (χ4n) is 3.86. The molecule has 19 heavy (non-hydrogen) atoms. The Morgan fingerprint density at radius 1 is 1.37 bits per heavy atom. The third kappa shape index (κ3) is 2.78. The average Bonchev–Trinajstić information content (AvgIpc) is 3.07. The molecule has 0 radical (unpaired) electrons. The summed E-state index contributed by atoms with van der Waals surface area (Å²) in [6, 6.07) is 0.0601. The lowest BCUT2D eigenvalue weighted by atomic mass is 9.94. The molecular formula is C15H24N2O2. The van der Waals surface area contributed by atoms with Crippen molar-refractivity contribution in [2.24, 2.45) is 23.7 Å². The number of likely N-dealkylation sites (tertiary alicyclic amines) is 1. The Bertz CT molecular complexity index is 369. The minimum absolute atomic E-state index is 0.0601. The third-order valence-corrected chi connectivity index (χ3v) is 5.00. The molecule has 3 aliphatic rings. The molecular weight excluding hydrogens is 240 g/mol. The molecule has 1 aliphatic heterocycles. The van der Waals surface area contributed by atoms with Crippen LogP contribution in [-0.2, 0) is 0 Å². The van der Waals surface area contributed by atoms with Crippen LogP contribution in [0.2, 0.25) is 0 Å². The van der Waals surface area contributed by atoms with E-state index in [0.29, 0.717) is 18.4 Å². The Morgan fingerprint density at radius 3 is 2.95 bits per heavy atom. The van der Waals surface area contributed by atoms with Crippen LogP contribution in [0.25, 0.3) is 0 Å². The van der Waals surface area contributed by atoms with Gasteiger partial charge in [-0.15, -0.1) is 0 Å². The van der Waals surface area contributed by atoms with Crippen LogP contribution in [0.15, 0.2) is 12.2 Å². The molecule has 2 N–H and O–H groups in total. The molecule has 4 atom stereocenters. The lowest BCUT2D eigenvalue weighted by molar-refractivity contribution is 0.128. The first-order valence-corrected chi connectivity index (χ1v) is 7.58. The highest BCUT2D eigenvalue weighted by Crippen LogP contribution is 2.42. The number of rotatable bonds is 3. The molecule has 4 unspecified atom stereocenters. The Labute approximate surface area is 114 Å². The first-order valence-electron chi connectivity index (χ1n) is 7.58. The number of nitrogens with zero attached hydrogens (tertiary/aromatic N) is 1. The van der Waals surface area contributed by atoms with E-state index in [-0.39, 0.29) is 18.6 Å². The quantitative estimate of drug-likeness (QED) is 0.761. The number of nitrogens with one attached hydrogen (secondary N) is 1. The van der Waals surface area contributed by atoms with Gasteiger partial charge in [-0.05, 0) is 49.4 Å². The molecule has 1 saturated heterocycles. The maximum atomic E-state index is 12.1.